The van der Waals surface area contributed by atoms with Crippen molar-refractivity contribution in [1.82, 2.24) is 9.55 Å². The van der Waals surface area contributed by atoms with Gasteiger partial charge in [0.2, 0.25) is 0 Å². The first-order valence-electron chi connectivity index (χ1n) is 7.02. The van der Waals surface area contributed by atoms with E-state index in [0.29, 0.717) is 22.0 Å². The van der Waals surface area contributed by atoms with Crippen molar-refractivity contribution in [2.75, 3.05) is 0 Å². The van der Waals surface area contributed by atoms with E-state index in [2.05, 4.69) is 16.5 Å². The van der Waals surface area contributed by atoms with E-state index in [9.17, 15) is 0 Å². The number of hydrogen-bond donors (Lipinski definition) is 0. The van der Waals surface area contributed by atoms with Gasteiger partial charge in [0.25, 0.3) is 0 Å². The molecule has 1 aliphatic carbocycles. The fourth-order valence-electron chi connectivity index (χ4n) is 3.28. The highest BCUT2D eigenvalue weighted by molar-refractivity contribution is 6.42. The molecule has 0 saturated heterocycles. The molecule has 2 atom stereocenters. The Kier molecular flexibility index (Phi) is 4.16. The molecule has 0 bridgehead atoms. The lowest BCUT2D eigenvalue weighted by molar-refractivity contribution is 0.283. The zero-order valence-corrected chi connectivity index (χ0v) is 13.6. The maximum Gasteiger partial charge on any atom is 0.125 e. The Labute approximate surface area is 134 Å². The molecule has 1 aromatic carbocycles. The van der Waals surface area contributed by atoms with Crippen LogP contribution in [0.3, 0.4) is 0 Å². The first-order valence-corrected chi connectivity index (χ1v) is 8.31. The summed E-state index contributed by atoms with van der Waals surface area (Å²) in [5, 5.41) is 1.12. The zero-order valence-electron chi connectivity index (χ0n) is 11.4. The summed E-state index contributed by atoms with van der Waals surface area (Å²) < 4.78 is 2.28. The minimum Gasteiger partial charge on any atom is -0.324 e. The van der Waals surface area contributed by atoms with Gasteiger partial charge in [0.15, 0.2) is 0 Å². The highest BCUT2D eigenvalue weighted by Crippen LogP contribution is 2.37. The number of benzene rings is 1. The molecule has 1 heterocycles. The second-order valence-electron chi connectivity index (χ2n) is 5.71. The van der Waals surface area contributed by atoms with Crippen LogP contribution in [0.5, 0.6) is 0 Å². The third-order valence-electron chi connectivity index (χ3n) is 4.20. The topological polar surface area (TPSA) is 17.8 Å². The normalized spacial score (nSPS) is 23.4. The van der Waals surface area contributed by atoms with Gasteiger partial charge in [0.05, 0.1) is 27.0 Å². The minimum atomic E-state index is 0.412. The van der Waals surface area contributed by atoms with Crippen LogP contribution in [0.15, 0.2) is 12.1 Å². The third kappa shape index (κ3) is 2.54. The largest absolute Gasteiger partial charge is 0.324 e. The Morgan fingerprint density at radius 1 is 1.25 bits per heavy atom. The Morgan fingerprint density at radius 3 is 2.70 bits per heavy atom. The highest BCUT2D eigenvalue weighted by Gasteiger charge is 2.24. The molecule has 108 valence electrons. The molecule has 1 saturated carbocycles. The maximum atomic E-state index is 6.17. The second-order valence-corrected chi connectivity index (χ2v) is 6.79. The molecule has 0 aliphatic heterocycles. The van der Waals surface area contributed by atoms with Crippen LogP contribution >= 0.6 is 34.8 Å². The highest BCUT2D eigenvalue weighted by atomic mass is 35.5. The fourth-order valence-corrected chi connectivity index (χ4v) is 3.78. The molecule has 20 heavy (non-hydrogen) atoms. The predicted octanol–water partition coefficient (Wildman–Crippen LogP) is 5.83. The molecule has 0 amide bonds. The summed E-state index contributed by atoms with van der Waals surface area (Å²) >= 11 is 18.4. The number of aromatic nitrogens is 2. The van der Waals surface area contributed by atoms with E-state index in [0.717, 1.165) is 22.8 Å². The van der Waals surface area contributed by atoms with Crippen molar-refractivity contribution in [3.63, 3.8) is 0 Å². The maximum absolute atomic E-state index is 6.17. The number of alkyl halides is 1. The lowest BCUT2D eigenvalue weighted by Gasteiger charge is -2.29. The van der Waals surface area contributed by atoms with Crippen molar-refractivity contribution in [3.05, 3.63) is 28.0 Å². The Morgan fingerprint density at radius 2 is 2.00 bits per heavy atom. The summed E-state index contributed by atoms with van der Waals surface area (Å²) in [4.78, 5) is 4.62. The van der Waals surface area contributed by atoms with Crippen molar-refractivity contribution < 1.29 is 0 Å². The van der Waals surface area contributed by atoms with Gasteiger partial charge < -0.3 is 4.57 Å². The van der Waals surface area contributed by atoms with Crippen LogP contribution in [0.2, 0.25) is 10.0 Å². The molecule has 0 spiro atoms. The Bertz CT molecular complexity index is 636. The van der Waals surface area contributed by atoms with E-state index in [1.807, 2.05) is 12.1 Å². The van der Waals surface area contributed by atoms with E-state index >= 15 is 0 Å². The number of halogens is 3. The summed E-state index contributed by atoms with van der Waals surface area (Å²) in [5.74, 6) is 2.07. The standard InChI is InChI=1S/C15H17Cl3N2/c1-9-3-2-4-10(5-9)20-14-7-12(18)11(17)6-13(14)19-15(20)8-16/h6-7,9-10H,2-5,8H2,1H3. The Balaban J connectivity index is 2.14. The fraction of sp³-hybridized carbons (Fsp3) is 0.533. The lowest BCUT2D eigenvalue weighted by atomic mass is 9.87. The monoisotopic (exact) mass is 330 g/mol. The summed E-state index contributed by atoms with van der Waals surface area (Å²) in [6.07, 6.45) is 4.93. The van der Waals surface area contributed by atoms with Gasteiger partial charge in [-0.2, -0.15) is 0 Å². The third-order valence-corrected chi connectivity index (χ3v) is 5.16. The Hall–Kier alpha value is -0.440. The van der Waals surface area contributed by atoms with Gasteiger partial charge in [-0.15, -0.1) is 11.6 Å². The summed E-state index contributed by atoms with van der Waals surface area (Å²) in [6, 6.07) is 4.22. The van der Waals surface area contributed by atoms with E-state index in [-0.39, 0.29) is 0 Å². The van der Waals surface area contributed by atoms with Crippen molar-refractivity contribution >= 4 is 45.8 Å². The predicted molar refractivity (Wildman–Crippen MR) is 86.0 cm³/mol. The smallest absolute Gasteiger partial charge is 0.125 e. The van der Waals surface area contributed by atoms with Gasteiger partial charge in [-0.1, -0.05) is 43.0 Å². The van der Waals surface area contributed by atoms with E-state index in [1.54, 1.807) is 0 Å². The van der Waals surface area contributed by atoms with Gasteiger partial charge in [0, 0.05) is 6.04 Å². The molecule has 2 unspecified atom stereocenters. The quantitative estimate of drug-likeness (QED) is 0.633. The van der Waals surface area contributed by atoms with Crippen molar-refractivity contribution in [3.8, 4) is 0 Å². The zero-order chi connectivity index (χ0) is 14.3. The van der Waals surface area contributed by atoms with Crippen molar-refractivity contribution in [2.45, 2.75) is 44.5 Å². The first kappa shape index (κ1) is 14.5. The van der Waals surface area contributed by atoms with E-state index < -0.39 is 0 Å². The molecule has 3 rings (SSSR count). The molecular formula is C15H17Cl3N2. The first-order chi connectivity index (χ1) is 9.60. The van der Waals surface area contributed by atoms with Crippen LogP contribution in [0.4, 0.5) is 0 Å². The molecule has 1 aliphatic rings. The van der Waals surface area contributed by atoms with Crippen molar-refractivity contribution in [2.24, 2.45) is 5.92 Å². The molecular weight excluding hydrogens is 315 g/mol. The summed E-state index contributed by atoms with van der Waals surface area (Å²) in [5.41, 5.74) is 1.93. The van der Waals surface area contributed by atoms with Crippen LogP contribution < -0.4 is 0 Å². The summed E-state index contributed by atoms with van der Waals surface area (Å²) in [6.45, 7) is 2.31. The average Bonchev–Trinajstić information content (AvgIpc) is 2.77. The molecule has 1 fully saturated rings. The second kappa shape index (κ2) is 5.75. The van der Waals surface area contributed by atoms with Crippen LogP contribution in [0.1, 0.15) is 44.5 Å². The van der Waals surface area contributed by atoms with Crippen molar-refractivity contribution in [1.29, 1.82) is 0 Å². The number of nitrogens with zero attached hydrogens (tertiary/aromatic N) is 2. The summed E-state index contributed by atoms with van der Waals surface area (Å²) in [7, 11) is 0. The van der Waals surface area contributed by atoms with Gasteiger partial charge >= 0.3 is 0 Å². The number of fused-ring (bicyclic) bond motifs is 1. The van der Waals surface area contributed by atoms with Crippen LogP contribution in [0, 0.1) is 5.92 Å². The van der Waals surface area contributed by atoms with Gasteiger partial charge in [-0.05, 0) is 30.9 Å². The average molecular weight is 332 g/mol. The van der Waals surface area contributed by atoms with E-state index in [4.69, 9.17) is 34.8 Å². The van der Waals surface area contributed by atoms with Crippen LogP contribution in [0.25, 0.3) is 11.0 Å². The van der Waals surface area contributed by atoms with Gasteiger partial charge in [0.1, 0.15) is 5.82 Å². The molecule has 2 nitrogen and oxygen atoms in total. The molecule has 1 aromatic heterocycles. The van der Waals surface area contributed by atoms with Crippen LogP contribution in [-0.4, -0.2) is 9.55 Å². The van der Waals surface area contributed by atoms with Crippen LogP contribution in [-0.2, 0) is 5.88 Å². The van der Waals surface area contributed by atoms with Gasteiger partial charge in [-0.25, -0.2) is 4.98 Å². The molecule has 2 aromatic rings. The molecule has 0 radical (unpaired) electrons. The van der Waals surface area contributed by atoms with E-state index in [1.165, 1.54) is 25.7 Å². The SMILES string of the molecule is CC1CCCC(n2c(CCl)nc3cc(Cl)c(Cl)cc32)C1. The lowest BCUT2D eigenvalue weighted by Crippen LogP contribution is -2.19. The number of imidazole rings is 1. The number of hydrogen-bond acceptors (Lipinski definition) is 1. The minimum absolute atomic E-state index is 0.412. The number of rotatable bonds is 2. The molecule has 5 heteroatoms. The molecule has 0 N–H and O–H groups in total. The van der Waals surface area contributed by atoms with Gasteiger partial charge in [-0.3, -0.25) is 0 Å².